The van der Waals surface area contributed by atoms with Crippen LogP contribution in [0.1, 0.15) is 53.6 Å². The van der Waals surface area contributed by atoms with Crippen molar-refractivity contribution in [3.63, 3.8) is 0 Å². The first kappa shape index (κ1) is 18.4. The summed E-state index contributed by atoms with van der Waals surface area (Å²) < 4.78 is 9.84. The lowest BCUT2D eigenvalue weighted by Gasteiger charge is -2.07. The number of nitrogens with one attached hydrogen (secondary N) is 1. The van der Waals surface area contributed by atoms with E-state index < -0.39 is 11.9 Å². The predicted molar refractivity (Wildman–Crippen MR) is 92.1 cm³/mol. The molecule has 0 radical (unpaired) electrons. The van der Waals surface area contributed by atoms with Crippen LogP contribution in [0.5, 0.6) is 0 Å². The third kappa shape index (κ3) is 3.79. The van der Waals surface area contributed by atoms with Crippen molar-refractivity contribution >= 4 is 17.7 Å². The number of rotatable bonds is 5. The number of ether oxygens (including phenoxy) is 2. The number of methoxy groups -OCH3 is 1. The first-order valence-corrected chi connectivity index (χ1v) is 7.81. The van der Waals surface area contributed by atoms with Crippen molar-refractivity contribution in [3.8, 4) is 0 Å². The van der Waals surface area contributed by atoms with E-state index in [0.717, 1.165) is 11.1 Å². The maximum Gasteiger partial charge on any atom is 0.355 e. The van der Waals surface area contributed by atoms with Gasteiger partial charge < -0.3 is 14.5 Å². The van der Waals surface area contributed by atoms with E-state index in [2.05, 4.69) is 4.98 Å². The zero-order valence-corrected chi connectivity index (χ0v) is 15.0. The predicted octanol–water partition coefficient (Wildman–Crippen LogP) is 3.07. The quantitative estimate of drug-likeness (QED) is 0.666. The van der Waals surface area contributed by atoms with E-state index in [0.29, 0.717) is 22.4 Å². The molecule has 132 valence electrons. The number of hydrogen-bond donors (Lipinski definition) is 1. The first-order valence-electron chi connectivity index (χ1n) is 7.81. The Bertz CT molecular complexity index is 848. The molecule has 6 nitrogen and oxygen atoms in total. The van der Waals surface area contributed by atoms with Crippen LogP contribution in [0.2, 0.25) is 0 Å². The third-order valence-electron chi connectivity index (χ3n) is 4.06. The molecule has 6 heteroatoms. The van der Waals surface area contributed by atoms with Crippen molar-refractivity contribution in [2.75, 3.05) is 13.7 Å². The summed E-state index contributed by atoms with van der Waals surface area (Å²) in [6, 6.07) is 5.54. The Morgan fingerprint density at radius 2 is 1.72 bits per heavy atom. The third-order valence-corrected chi connectivity index (χ3v) is 4.06. The van der Waals surface area contributed by atoms with Crippen LogP contribution in [0.4, 0.5) is 0 Å². The highest BCUT2D eigenvalue weighted by molar-refractivity contribution is 6.02. The van der Waals surface area contributed by atoms with E-state index >= 15 is 0 Å². The number of benzene rings is 1. The summed E-state index contributed by atoms with van der Waals surface area (Å²) >= 11 is 0. The number of esters is 2. The van der Waals surface area contributed by atoms with Crippen LogP contribution in [-0.2, 0) is 9.47 Å². The molecule has 0 saturated carbocycles. The van der Waals surface area contributed by atoms with E-state index in [1.165, 1.54) is 7.11 Å². The number of hydrogen-bond acceptors (Lipinski definition) is 5. The van der Waals surface area contributed by atoms with Crippen LogP contribution in [0.15, 0.2) is 18.2 Å². The van der Waals surface area contributed by atoms with Crippen LogP contribution in [-0.4, -0.2) is 36.4 Å². The summed E-state index contributed by atoms with van der Waals surface area (Å²) in [5.74, 6) is -1.49. The minimum absolute atomic E-state index is 0.145. The van der Waals surface area contributed by atoms with Crippen LogP contribution in [0, 0.1) is 27.7 Å². The molecule has 1 aromatic heterocycles. The van der Waals surface area contributed by atoms with Crippen LogP contribution in [0.3, 0.4) is 0 Å². The number of Topliss-reactive ketones (excluding diaryl/α,β-unsaturated/α-hetero) is 1. The molecule has 1 heterocycles. The van der Waals surface area contributed by atoms with Crippen molar-refractivity contribution < 1.29 is 23.9 Å². The fraction of sp³-hybridized carbons (Fsp3) is 0.316. The SMILES string of the molecule is COC(=O)c1c(C)[nH]c(C(=O)OCC(=O)c2cc(C)ccc2C)c1C. The maximum absolute atomic E-state index is 12.3. The second kappa shape index (κ2) is 7.34. The topological polar surface area (TPSA) is 85.5 Å². The lowest BCUT2D eigenvalue weighted by Crippen LogP contribution is -2.16. The zero-order valence-electron chi connectivity index (χ0n) is 15.0. The minimum Gasteiger partial charge on any atom is -0.465 e. The van der Waals surface area contributed by atoms with Gasteiger partial charge in [0.25, 0.3) is 0 Å². The molecule has 0 unspecified atom stereocenters. The molecule has 0 fully saturated rings. The van der Waals surface area contributed by atoms with Gasteiger partial charge in [0.2, 0.25) is 5.78 Å². The van der Waals surface area contributed by atoms with Gasteiger partial charge in [0.15, 0.2) is 6.61 Å². The number of H-pyrrole nitrogens is 1. The van der Waals surface area contributed by atoms with Gasteiger partial charge in [0.05, 0.1) is 12.7 Å². The van der Waals surface area contributed by atoms with E-state index in [1.54, 1.807) is 19.9 Å². The number of aryl methyl sites for hydroxylation is 3. The standard InChI is InChI=1S/C19H21NO5/c1-10-6-7-11(2)14(8-10)15(21)9-25-19(23)17-12(3)16(13(4)20-17)18(22)24-5/h6-8,20H,9H2,1-5H3. The molecule has 0 saturated heterocycles. The van der Waals surface area contributed by atoms with Gasteiger partial charge in [-0.05, 0) is 44.9 Å². The van der Waals surface area contributed by atoms with Crippen molar-refractivity contribution in [2.45, 2.75) is 27.7 Å². The van der Waals surface area contributed by atoms with Gasteiger partial charge in [-0.25, -0.2) is 9.59 Å². The fourth-order valence-corrected chi connectivity index (χ4v) is 2.68. The molecule has 0 atom stereocenters. The summed E-state index contributed by atoms with van der Waals surface area (Å²) in [5, 5.41) is 0. The van der Waals surface area contributed by atoms with Crippen molar-refractivity contribution in [1.29, 1.82) is 0 Å². The highest BCUT2D eigenvalue weighted by atomic mass is 16.5. The number of ketones is 1. The summed E-state index contributed by atoms with van der Waals surface area (Å²) in [5.41, 5.74) is 3.71. The molecule has 1 aromatic carbocycles. The van der Waals surface area contributed by atoms with E-state index in [4.69, 9.17) is 9.47 Å². The average Bonchev–Trinajstić information content (AvgIpc) is 2.88. The number of aromatic amines is 1. The summed E-state index contributed by atoms with van der Waals surface area (Å²) in [6.45, 7) is 6.64. The Balaban J connectivity index is 2.14. The molecule has 2 aromatic rings. The first-order chi connectivity index (χ1) is 11.8. The zero-order chi connectivity index (χ0) is 18.7. The van der Waals surface area contributed by atoms with E-state index in [9.17, 15) is 14.4 Å². The van der Waals surface area contributed by atoms with Gasteiger partial charge in [-0.2, -0.15) is 0 Å². The minimum atomic E-state index is -0.686. The van der Waals surface area contributed by atoms with Gasteiger partial charge >= 0.3 is 11.9 Å². The molecule has 2 rings (SSSR count). The second-order valence-electron chi connectivity index (χ2n) is 5.93. The molecule has 0 bridgehead atoms. The summed E-state index contributed by atoms with van der Waals surface area (Å²) in [4.78, 5) is 39.2. The van der Waals surface area contributed by atoms with Crippen LogP contribution >= 0.6 is 0 Å². The van der Waals surface area contributed by atoms with Crippen molar-refractivity contribution in [1.82, 2.24) is 4.98 Å². The van der Waals surface area contributed by atoms with Gasteiger partial charge in [0.1, 0.15) is 5.69 Å². The Kier molecular flexibility index (Phi) is 5.41. The molecule has 0 spiro atoms. The van der Waals surface area contributed by atoms with Crippen molar-refractivity contribution in [3.05, 3.63) is 57.4 Å². The Morgan fingerprint density at radius 1 is 1.04 bits per heavy atom. The van der Waals surface area contributed by atoms with Crippen LogP contribution in [0.25, 0.3) is 0 Å². The second-order valence-corrected chi connectivity index (χ2v) is 5.93. The molecule has 25 heavy (non-hydrogen) atoms. The lowest BCUT2D eigenvalue weighted by molar-refractivity contribution is 0.0468. The van der Waals surface area contributed by atoms with E-state index in [-0.39, 0.29) is 18.1 Å². The largest absolute Gasteiger partial charge is 0.465 e. The van der Waals surface area contributed by atoms with Gasteiger partial charge in [-0.3, -0.25) is 4.79 Å². The smallest absolute Gasteiger partial charge is 0.355 e. The van der Waals surface area contributed by atoms with E-state index in [1.807, 2.05) is 26.0 Å². The normalized spacial score (nSPS) is 10.4. The Morgan fingerprint density at radius 3 is 2.36 bits per heavy atom. The number of carbonyl (C=O) groups is 3. The molecule has 0 amide bonds. The maximum atomic E-state index is 12.3. The van der Waals surface area contributed by atoms with Crippen LogP contribution < -0.4 is 0 Å². The number of aromatic nitrogens is 1. The summed E-state index contributed by atoms with van der Waals surface area (Å²) in [6.07, 6.45) is 0. The molecule has 0 aliphatic rings. The molecule has 1 N–H and O–H groups in total. The molecular weight excluding hydrogens is 322 g/mol. The van der Waals surface area contributed by atoms with Gasteiger partial charge in [0, 0.05) is 11.3 Å². The Labute approximate surface area is 146 Å². The monoisotopic (exact) mass is 343 g/mol. The van der Waals surface area contributed by atoms with Gasteiger partial charge in [-0.15, -0.1) is 0 Å². The van der Waals surface area contributed by atoms with Crippen molar-refractivity contribution in [2.24, 2.45) is 0 Å². The fourth-order valence-electron chi connectivity index (χ4n) is 2.68. The molecule has 0 aliphatic heterocycles. The molecule has 0 aliphatic carbocycles. The molecular formula is C19H21NO5. The number of carbonyl (C=O) groups excluding carboxylic acids is 3. The van der Waals surface area contributed by atoms with Gasteiger partial charge in [-0.1, -0.05) is 17.7 Å². The average molecular weight is 343 g/mol. The highest BCUT2D eigenvalue weighted by Crippen LogP contribution is 2.20. The highest BCUT2D eigenvalue weighted by Gasteiger charge is 2.24. The summed E-state index contributed by atoms with van der Waals surface area (Å²) in [7, 11) is 1.27. The lowest BCUT2D eigenvalue weighted by atomic mass is 10.0. The Hall–Kier alpha value is -2.89.